The van der Waals surface area contributed by atoms with E-state index in [2.05, 4.69) is 9.97 Å². The van der Waals surface area contributed by atoms with Crippen LogP contribution in [0.25, 0.3) is 28.4 Å². The van der Waals surface area contributed by atoms with Crippen molar-refractivity contribution in [1.29, 1.82) is 0 Å². The number of sulfone groups is 1. The van der Waals surface area contributed by atoms with E-state index < -0.39 is 26.8 Å². The Kier molecular flexibility index (Phi) is 6.45. The Balaban J connectivity index is 1.39. The Morgan fingerprint density at radius 1 is 0.946 bits per heavy atom. The molecule has 1 aliphatic heterocycles. The van der Waals surface area contributed by atoms with Crippen molar-refractivity contribution in [2.24, 2.45) is 0 Å². The van der Waals surface area contributed by atoms with Crippen LogP contribution in [0.3, 0.4) is 0 Å². The number of ether oxygens (including phenoxy) is 1. The average Bonchev–Trinajstić information content (AvgIpc) is 3.28. The van der Waals surface area contributed by atoms with Gasteiger partial charge in [0.25, 0.3) is 0 Å². The molecule has 1 aromatic carbocycles. The number of likely N-dealkylation sites (tertiary alicyclic amines) is 1. The predicted molar refractivity (Wildman–Crippen MR) is 140 cm³/mol. The van der Waals surface area contributed by atoms with Gasteiger partial charge in [-0.05, 0) is 82.1 Å². The molecular weight excluding hydrogens is 490 g/mol. The van der Waals surface area contributed by atoms with Gasteiger partial charge < -0.3 is 9.64 Å². The van der Waals surface area contributed by atoms with E-state index in [-0.39, 0.29) is 4.90 Å². The number of imidazole rings is 1. The highest BCUT2D eigenvalue weighted by atomic mass is 32.2. The van der Waals surface area contributed by atoms with Crippen LogP contribution in [0.2, 0.25) is 0 Å². The summed E-state index contributed by atoms with van der Waals surface area (Å²) in [5, 5.41) is -0.558. The van der Waals surface area contributed by atoms with Gasteiger partial charge in [-0.2, -0.15) is 0 Å². The van der Waals surface area contributed by atoms with E-state index in [9.17, 15) is 13.2 Å². The Bertz CT molecular complexity index is 1520. The lowest BCUT2D eigenvalue weighted by molar-refractivity contribution is 0.0217. The molecule has 0 spiro atoms. The molecule has 0 saturated carbocycles. The molecule has 192 valence electrons. The van der Waals surface area contributed by atoms with Gasteiger partial charge >= 0.3 is 6.09 Å². The Morgan fingerprint density at radius 3 is 2.30 bits per heavy atom. The molecule has 0 unspecified atom stereocenters. The second-order valence-corrected chi connectivity index (χ2v) is 12.3. The molecule has 9 nitrogen and oxygen atoms in total. The van der Waals surface area contributed by atoms with Crippen molar-refractivity contribution < 1.29 is 17.9 Å². The van der Waals surface area contributed by atoms with E-state index in [1.54, 1.807) is 41.6 Å². The third kappa shape index (κ3) is 5.06. The molecule has 1 fully saturated rings. The predicted octanol–water partition coefficient (Wildman–Crippen LogP) is 4.66. The first-order chi connectivity index (χ1) is 17.6. The molecule has 0 bridgehead atoms. The maximum atomic E-state index is 13.4. The number of hydrogen-bond donors (Lipinski definition) is 0. The SMILES string of the molecule is CC(C)(C)OC(=O)N1CCC(S(=O)(=O)c2ccc(-n3c(-c4ccccn4)nc4cccnc43)cc2)CC1. The van der Waals surface area contributed by atoms with Gasteiger partial charge in [-0.3, -0.25) is 9.55 Å². The summed E-state index contributed by atoms with van der Waals surface area (Å²) in [4.78, 5) is 27.9. The summed E-state index contributed by atoms with van der Waals surface area (Å²) in [5.41, 5.74) is 2.22. The molecule has 5 rings (SSSR count). The lowest BCUT2D eigenvalue weighted by Gasteiger charge is -2.33. The van der Waals surface area contributed by atoms with Crippen LogP contribution in [0.4, 0.5) is 4.79 Å². The zero-order valence-electron chi connectivity index (χ0n) is 21.0. The summed E-state index contributed by atoms with van der Waals surface area (Å²) in [6.45, 7) is 6.13. The van der Waals surface area contributed by atoms with Gasteiger partial charge in [0.1, 0.15) is 16.8 Å². The summed E-state index contributed by atoms with van der Waals surface area (Å²) in [5.74, 6) is 0.624. The van der Waals surface area contributed by atoms with E-state index in [1.807, 2.05) is 55.7 Å². The van der Waals surface area contributed by atoms with Crippen LogP contribution in [-0.2, 0) is 14.6 Å². The van der Waals surface area contributed by atoms with Crippen molar-refractivity contribution in [1.82, 2.24) is 24.4 Å². The molecule has 0 aliphatic carbocycles. The van der Waals surface area contributed by atoms with Crippen LogP contribution in [0.5, 0.6) is 0 Å². The minimum Gasteiger partial charge on any atom is -0.444 e. The number of benzene rings is 1. The van der Waals surface area contributed by atoms with E-state index in [0.29, 0.717) is 43.1 Å². The monoisotopic (exact) mass is 519 g/mol. The minimum atomic E-state index is -3.57. The van der Waals surface area contributed by atoms with Crippen LogP contribution in [0.15, 0.2) is 71.9 Å². The largest absolute Gasteiger partial charge is 0.444 e. The first kappa shape index (κ1) is 24.9. The number of hydrogen-bond acceptors (Lipinski definition) is 7. The van der Waals surface area contributed by atoms with Crippen molar-refractivity contribution in [2.45, 2.75) is 49.4 Å². The number of carbonyl (C=O) groups excluding carboxylic acids is 1. The molecular formula is C27H29N5O4S. The topological polar surface area (TPSA) is 107 Å². The van der Waals surface area contributed by atoms with E-state index >= 15 is 0 Å². The van der Waals surface area contributed by atoms with Crippen molar-refractivity contribution in [3.8, 4) is 17.2 Å². The standard InChI is InChI=1S/C27H29N5O4S/c1-27(2,3)36-26(33)31-17-13-21(14-18-31)37(34,35)20-11-9-19(10-12-20)32-24-23(8-6-16-29-24)30-25(32)22-7-4-5-15-28-22/h4-12,15-16,21H,13-14,17-18H2,1-3H3. The third-order valence-electron chi connectivity index (χ3n) is 6.27. The van der Waals surface area contributed by atoms with Gasteiger partial charge in [-0.1, -0.05) is 6.07 Å². The molecule has 4 aromatic rings. The summed E-state index contributed by atoms with van der Waals surface area (Å²) in [7, 11) is -3.57. The van der Waals surface area contributed by atoms with Gasteiger partial charge in [-0.15, -0.1) is 0 Å². The van der Waals surface area contributed by atoms with Gasteiger partial charge in [-0.25, -0.2) is 23.2 Å². The first-order valence-electron chi connectivity index (χ1n) is 12.2. The Hall–Kier alpha value is -3.79. The molecule has 0 N–H and O–H groups in total. The van der Waals surface area contributed by atoms with E-state index in [1.165, 1.54) is 0 Å². The van der Waals surface area contributed by atoms with E-state index in [0.717, 1.165) is 11.2 Å². The molecule has 1 aliphatic rings. The maximum Gasteiger partial charge on any atom is 0.410 e. The fraction of sp³-hybridized carbons (Fsp3) is 0.333. The van der Waals surface area contributed by atoms with Crippen LogP contribution < -0.4 is 0 Å². The average molecular weight is 520 g/mol. The van der Waals surface area contributed by atoms with Crippen LogP contribution in [-0.4, -0.2) is 62.9 Å². The fourth-order valence-electron chi connectivity index (χ4n) is 4.48. The number of fused-ring (bicyclic) bond motifs is 1. The zero-order chi connectivity index (χ0) is 26.2. The van der Waals surface area contributed by atoms with Crippen molar-refractivity contribution in [2.75, 3.05) is 13.1 Å². The fourth-order valence-corrected chi connectivity index (χ4v) is 6.21. The van der Waals surface area contributed by atoms with Gasteiger partial charge in [0.2, 0.25) is 0 Å². The van der Waals surface area contributed by atoms with Gasteiger partial charge in [0.15, 0.2) is 21.3 Å². The van der Waals surface area contributed by atoms with Gasteiger partial charge in [0, 0.05) is 31.2 Å². The smallest absolute Gasteiger partial charge is 0.410 e. The lowest BCUT2D eigenvalue weighted by atomic mass is 10.1. The molecule has 0 radical (unpaired) electrons. The second kappa shape index (κ2) is 9.59. The highest BCUT2D eigenvalue weighted by molar-refractivity contribution is 7.92. The summed E-state index contributed by atoms with van der Waals surface area (Å²) in [6, 6.07) is 16.1. The van der Waals surface area contributed by atoms with Crippen molar-refractivity contribution >= 4 is 27.1 Å². The third-order valence-corrected chi connectivity index (χ3v) is 8.54. The maximum absolute atomic E-state index is 13.4. The molecule has 0 atom stereocenters. The van der Waals surface area contributed by atoms with Gasteiger partial charge in [0.05, 0.1) is 10.1 Å². The lowest BCUT2D eigenvalue weighted by Crippen LogP contribution is -2.44. The molecule has 10 heteroatoms. The Morgan fingerprint density at radius 2 is 1.65 bits per heavy atom. The van der Waals surface area contributed by atoms with Crippen LogP contribution in [0, 0.1) is 0 Å². The number of pyridine rings is 2. The van der Waals surface area contributed by atoms with Crippen molar-refractivity contribution in [3.63, 3.8) is 0 Å². The number of piperidine rings is 1. The normalized spacial score (nSPS) is 15.2. The quantitative estimate of drug-likeness (QED) is 0.386. The highest BCUT2D eigenvalue weighted by Crippen LogP contribution is 2.29. The van der Waals surface area contributed by atoms with Crippen molar-refractivity contribution in [3.05, 3.63) is 67.0 Å². The number of aromatic nitrogens is 4. The first-order valence-corrected chi connectivity index (χ1v) is 13.8. The molecule has 1 saturated heterocycles. The Labute approximate surface area is 216 Å². The van der Waals surface area contributed by atoms with Crippen LogP contribution in [0.1, 0.15) is 33.6 Å². The van der Waals surface area contributed by atoms with E-state index in [4.69, 9.17) is 9.72 Å². The van der Waals surface area contributed by atoms with Crippen LogP contribution >= 0.6 is 0 Å². The molecule has 3 aromatic heterocycles. The summed E-state index contributed by atoms with van der Waals surface area (Å²) in [6.07, 6.45) is 3.73. The zero-order valence-corrected chi connectivity index (χ0v) is 21.9. The number of amides is 1. The number of carbonyl (C=O) groups is 1. The number of rotatable bonds is 4. The second-order valence-electron chi connectivity index (χ2n) is 10.0. The molecule has 37 heavy (non-hydrogen) atoms. The summed E-state index contributed by atoms with van der Waals surface area (Å²) < 4.78 is 34.1. The summed E-state index contributed by atoms with van der Waals surface area (Å²) >= 11 is 0. The number of nitrogens with zero attached hydrogens (tertiary/aromatic N) is 5. The molecule has 1 amide bonds. The molecule has 4 heterocycles. The minimum absolute atomic E-state index is 0.253. The highest BCUT2D eigenvalue weighted by Gasteiger charge is 2.34.